The van der Waals surface area contributed by atoms with Crippen molar-refractivity contribution in [3.8, 4) is 17.0 Å². The summed E-state index contributed by atoms with van der Waals surface area (Å²) in [6.07, 6.45) is 7.64. The molecule has 0 saturated carbocycles. The van der Waals surface area contributed by atoms with Gasteiger partial charge in [-0.15, -0.1) is 0 Å². The molecule has 1 aliphatic heterocycles. The smallest absolute Gasteiger partial charge is 0.209 e. The zero-order valence-electron chi connectivity index (χ0n) is 18.2. The Labute approximate surface area is 199 Å². The highest BCUT2D eigenvalue weighted by atomic mass is 35.5. The first-order valence-corrected chi connectivity index (χ1v) is 11.3. The van der Waals surface area contributed by atoms with Gasteiger partial charge >= 0.3 is 0 Å². The van der Waals surface area contributed by atoms with Crippen molar-refractivity contribution in [3.63, 3.8) is 0 Å². The van der Waals surface area contributed by atoms with E-state index in [4.69, 9.17) is 16.3 Å². The molecule has 0 radical (unpaired) electrons. The number of amides is 1. The van der Waals surface area contributed by atoms with Crippen LogP contribution in [0.3, 0.4) is 0 Å². The van der Waals surface area contributed by atoms with Crippen LogP contribution in [0.2, 0.25) is 5.02 Å². The molecule has 9 nitrogen and oxygen atoms in total. The lowest BCUT2D eigenvalue weighted by Gasteiger charge is -2.36. The summed E-state index contributed by atoms with van der Waals surface area (Å²) in [7, 11) is 0. The first kappa shape index (κ1) is 20.6. The Kier molecular flexibility index (Phi) is 4.91. The standard InChI is InChI=1S/C24H20ClN7O2/c1-14(19-6-16(25)7-22-24(19)27-5-4-26-22)34-18-2-3-21-20(8-18)23(30-29-21)15-9-28-32(10-15)17-11-31(12-17)13-33/h2-10,13-14,17H,11-12H2,1H3,(H,29,30). The number of likely N-dealkylation sites (tertiary alicyclic amines) is 1. The number of nitrogens with one attached hydrogen (secondary N) is 1. The van der Waals surface area contributed by atoms with Crippen molar-refractivity contribution >= 4 is 39.9 Å². The van der Waals surface area contributed by atoms with Crippen LogP contribution < -0.4 is 4.74 Å². The number of H-pyrrole nitrogens is 1. The molecule has 1 aliphatic rings. The summed E-state index contributed by atoms with van der Waals surface area (Å²) >= 11 is 6.31. The Balaban J connectivity index is 1.29. The van der Waals surface area contributed by atoms with Crippen LogP contribution in [0.5, 0.6) is 5.75 Å². The average molecular weight is 474 g/mol. The largest absolute Gasteiger partial charge is 0.486 e. The fourth-order valence-electron chi connectivity index (χ4n) is 4.33. The van der Waals surface area contributed by atoms with Crippen LogP contribution in [0.4, 0.5) is 0 Å². The number of carbonyl (C=O) groups excluding carboxylic acids is 1. The van der Waals surface area contributed by atoms with Gasteiger partial charge in [-0.1, -0.05) is 11.6 Å². The third-order valence-corrected chi connectivity index (χ3v) is 6.36. The van der Waals surface area contributed by atoms with Crippen molar-refractivity contribution in [2.24, 2.45) is 0 Å². The number of hydrogen-bond donors (Lipinski definition) is 1. The van der Waals surface area contributed by atoms with Gasteiger partial charge in [-0.3, -0.25) is 24.5 Å². The normalized spacial score (nSPS) is 14.9. The Morgan fingerprint density at radius 2 is 2.06 bits per heavy atom. The highest BCUT2D eigenvalue weighted by Gasteiger charge is 2.28. The molecule has 1 amide bonds. The summed E-state index contributed by atoms with van der Waals surface area (Å²) in [6.45, 7) is 3.31. The highest BCUT2D eigenvalue weighted by Crippen LogP contribution is 2.33. The van der Waals surface area contributed by atoms with Gasteiger partial charge in [0, 0.05) is 53.2 Å². The average Bonchev–Trinajstić information content (AvgIpc) is 3.44. The van der Waals surface area contributed by atoms with Crippen LogP contribution in [0.15, 0.2) is 55.1 Å². The number of rotatable bonds is 6. The van der Waals surface area contributed by atoms with Gasteiger partial charge in [-0.2, -0.15) is 10.2 Å². The van der Waals surface area contributed by atoms with E-state index in [0.29, 0.717) is 23.9 Å². The molecule has 1 fully saturated rings. The fourth-order valence-corrected chi connectivity index (χ4v) is 4.55. The van der Waals surface area contributed by atoms with Crippen molar-refractivity contribution in [1.29, 1.82) is 0 Å². The van der Waals surface area contributed by atoms with Crippen molar-refractivity contribution in [2.75, 3.05) is 13.1 Å². The molecule has 1 unspecified atom stereocenters. The maximum absolute atomic E-state index is 10.8. The summed E-state index contributed by atoms with van der Waals surface area (Å²) in [5.74, 6) is 0.702. The third kappa shape index (κ3) is 3.54. The number of hydrogen-bond acceptors (Lipinski definition) is 6. The number of aromatic nitrogens is 6. The van der Waals surface area contributed by atoms with Crippen LogP contribution in [0.1, 0.15) is 24.6 Å². The molecule has 2 aromatic carbocycles. The first-order valence-electron chi connectivity index (χ1n) is 10.9. The summed E-state index contributed by atoms with van der Waals surface area (Å²) in [4.78, 5) is 21.4. The molecule has 1 saturated heterocycles. The second-order valence-electron chi connectivity index (χ2n) is 8.38. The minimum Gasteiger partial charge on any atom is -0.486 e. The molecule has 6 rings (SSSR count). The molecule has 0 aliphatic carbocycles. The minimum atomic E-state index is -0.298. The van der Waals surface area contributed by atoms with E-state index in [2.05, 4.69) is 25.3 Å². The molecule has 1 N–H and O–H groups in total. The monoisotopic (exact) mass is 473 g/mol. The summed E-state index contributed by atoms with van der Waals surface area (Å²) < 4.78 is 8.19. The molecular formula is C24H20ClN7O2. The van der Waals surface area contributed by atoms with Crippen LogP contribution >= 0.6 is 11.6 Å². The second kappa shape index (κ2) is 8.11. The lowest BCUT2D eigenvalue weighted by Crippen LogP contribution is -2.46. The van der Waals surface area contributed by atoms with Gasteiger partial charge in [0.05, 0.1) is 28.8 Å². The van der Waals surface area contributed by atoms with Crippen molar-refractivity contribution in [3.05, 3.63) is 65.7 Å². The van der Waals surface area contributed by atoms with Crippen molar-refractivity contribution in [2.45, 2.75) is 19.1 Å². The molecule has 5 aromatic rings. The number of carbonyl (C=O) groups is 1. The second-order valence-corrected chi connectivity index (χ2v) is 8.82. The zero-order valence-corrected chi connectivity index (χ0v) is 19.0. The molecule has 1 atom stereocenters. The first-order chi connectivity index (χ1) is 16.6. The Bertz CT molecular complexity index is 1520. The number of aromatic amines is 1. The van der Waals surface area contributed by atoms with E-state index in [0.717, 1.165) is 45.2 Å². The lowest BCUT2D eigenvalue weighted by molar-refractivity contribution is -0.123. The van der Waals surface area contributed by atoms with E-state index in [-0.39, 0.29) is 12.1 Å². The van der Waals surface area contributed by atoms with Gasteiger partial charge in [0.25, 0.3) is 0 Å². The summed E-state index contributed by atoms with van der Waals surface area (Å²) in [5, 5.41) is 13.6. The SMILES string of the molecule is CC(Oc1ccc2[nH]nc(-c3cnn(C4CN(C=O)C4)c3)c2c1)c1cc(Cl)cc2nccnc12. The molecule has 0 bridgehead atoms. The van der Waals surface area contributed by atoms with Crippen LogP contribution in [0, 0.1) is 0 Å². The molecule has 10 heteroatoms. The number of ether oxygens (including phenoxy) is 1. The maximum atomic E-state index is 10.8. The quantitative estimate of drug-likeness (QED) is 0.371. The number of fused-ring (bicyclic) bond motifs is 2. The summed E-state index contributed by atoms with van der Waals surface area (Å²) in [5.41, 5.74) is 4.96. The van der Waals surface area contributed by atoms with E-state index in [1.54, 1.807) is 29.6 Å². The van der Waals surface area contributed by atoms with Crippen molar-refractivity contribution in [1.82, 2.24) is 34.8 Å². The Morgan fingerprint density at radius 1 is 1.21 bits per heavy atom. The van der Waals surface area contributed by atoms with E-state index in [1.807, 2.05) is 42.1 Å². The molecule has 0 spiro atoms. The number of nitrogens with zero attached hydrogens (tertiary/aromatic N) is 6. The Morgan fingerprint density at radius 3 is 2.91 bits per heavy atom. The number of benzene rings is 2. The van der Waals surface area contributed by atoms with Gasteiger partial charge in [0.2, 0.25) is 6.41 Å². The predicted molar refractivity (Wildman–Crippen MR) is 128 cm³/mol. The van der Waals surface area contributed by atoms with Gasteiger partial charge in [0.1, 0.15) is 17.5 Å². The third-order valence-electron chi connectivity index (χ3n) is 6.14. The van der Waals surface area contributed by atoms with Crippen LogP contribution in [-0.2, 0) is 4.79 Å². The summed E-state index contributed by atoms with van der Waals surface area (Å²) in [6, 6.07) is 9.68. The van der Waals surface area contributed by atoms with Crippen LogP contribution in [0.25, 0.3) is 33.2 Å². The van der Waals surface area contributed by atoms with Gasteiger partial charge in [-0.05, 0) is 37.3 Å². The van der Waals surface area contributed by atoms with Gasteiger partial charge in [0.15, 0.2) is 0 Å². The molecule has 4 heterocycles. The molecule has 170 valence electrons. The van der Waals surface area contributed by atoms with E-state index in [9.17, 15) is 4.79 Å². The minimum absolute atomic E-state index is 0.194. The van der Waals surface area contributed by atoms with E-state index in [1.165, 1.54) is 0 Å². The highest BCUT2D eigenvalue weighted by molar-refractivity contribution is 6.31. The van der Waals surface area contributed by atoms with Crippen LogP contribution in [-0.4, -0.2) is 54.3 Å². The van der Waals surface area contributed by atoms with Crippen molar-refractivity contribution < 1.29 is 9.53 Å². The molecular weight excluding hydrogens is 454 g/mol. The molecule has 3 aromatic heterocycles. The topological polar surface area (TPSA) is 102 Å². The maximum Gasteiger partial charge on any atom is 0.209 e. The molecule has 34 heavy (non-hydrogen) atoms. The zero-order chi connectivity index (χ0) is 23.2. The number of halogens is 1. The van der Waals surface area contributed by atoms with Gasteiger partial charge < -0.3 is 9.64 Å². The van der Waals surface area contributed by atoms with Gasteiger partial charge in [-0.25, -0.2) is 0 Å². The van der Waals surface area contributed by atoms with E-state index >= 15 is 0 Å². The fraction of sp³-hybridized carbons (Fsp3) is 0.208. The lowest BCUT2D eigenvalue weighted by atomic mass is 10.1. The Hall–Kier alpha value is -3.98. The van der Waals surface area contributed by atoms with E-state index < -0.39 is 0 Å². The predicted octanol–water partition coefficient (Wildman–Crippen LogP) is 4.18.